The highest BCUT2D eigenvalue weighted by Crippen LogP contribution is 2.09. The first-order valence-electron chi connectivity index (χ1n) is 5.60. The number of aliphatic hydroxyl groups excluding tert-OH is 1. The number of hydrogen-bond donors (Lipinski definition) is 2. The van der Waals surface area contributed by atoms with Gasteiger partial charge in [0.1, 0.15) is 5.82 Å². The Morgan fingerprint density at radius 2 is 2.29 bits per heavy atom. The Labute approximate surface area is 101 Å². The zero-order valence-electron chi connectivity index (χ0n) is 10.5. The second-order valence-electron chi connectivity index (χ2n) is 4.19. The summed E-state index contributed by atoms with van der Waals surface area (Å²) < 4.78 is 0. The van der Waals surface area contributed by atoms with Gasteiger partial charge >= 0.3 is 0 Å². The number of aliphatic hydroxyl groups is 1. The zero-order valence-corrected chi connectivity index (χ0v) is 10.5. The molecule has 1 atom stereocenters. The molecule has 0 fully saturated rings. The molecule has 17 heavy (non-hydrogen) atoms. The van der Waals surface area contributed by atoms with E-state index in [1.54, 1.807) is 25.3 Å². The lowest BCUT2D eigenvalue weighted by molar-refractivity contribution is 0.0945. The van der Waals surface area contributed by atoms with Crippen molar-refractivity contribution in [3.05, 3.63) is 23.9 Å². The molecule has 1 unspecified atom stereocenters. The maximum Gasteiger partial charge on any atom is 0.251 e. The van der Waals surface area contributed by atoms with Crippen molar-refractivity contribution in [2.75, 3.05) is 25.5 Å². The minimum absolute atomic E-state index is 0.142. The van der Waals surface area contributed by atoms with Crippen LogP contribution in [0.15, 0.2) is 18.3 Å². The summed E-state index contributed by atoms with van der Waals surface area (Å²) in [4.78, 5) is 17.7. The fraction of sp³-hybridized carbons (Fsp3) is 0.500. The van der Waals surface area contributed by atoms with Crippen LogP contribution in [0.5, 0.6) is 0 Å². The topological polar surface area (TPSA) is 65.5 Å². The fourth-order valence-corrected chi connectivity index (χ4v) is 1.30. The van der Waals surface area contributed by atoms with Crippen LogP contribution < -0.4 is 10.2 Å². The van der Waals surface area contributed by atoms with E-state index in [0.29, 0.717) is 18.5 Å². The molecule has 0 aromatic carbocycles. The van der Waals surface area contributed by atoms with Crippen molar-refractivity contribution >= 4 is 11.7 Å². The van der Waals surface area contributed by atoms with Gasteiger partial charge in [-0.2, -0.15) is 0 Å². The quantitative estimate of drug-likeness (QED) is 0.789. The van der Waals surface area contributed by atoms with Crippen LogP contribution in [0.1, 0.15) is 23.7 Å². The van der Waals surface area contributed by atoms with Crippen molar-refractivity contribution in [1.82, 2.24) is 10.3 Å². The molecule has 94 valence electrons. The molecule has 1 aromatic rings. The number of hydrogen-bond acceptors (Lipinski definition) is 4. The molecule has 0 bridgehead atoms. The Bertz CT molecular complexity index is 378. The van der Waals surface area contributed by atoms with E-state index in [2.05, 4.69) is 10.3 Å². The third kappa shape index (κ3) is 4.40. The molecule has 0 aliphatic carbocycles. The van der Waals surface area contributed by atoms with Crippen LogP contribution in [0.4, 0.5) is 5.82 Å². The summed E-state index contributed by atoms with van der Waals surface area (Å²) in [6.07, 6.45) is 1.76. The summed E-state index contributed by atoms with van der Waals surface area (Å²) in [7, 11) is 3.74. The standard InChI is InChI=1S/C12H19N3O2/c1-9(16)4-6-14-12(17)10-5-7-13-11(8-10)15(2)3/h5,7-9,16H,4,6H2,1-3H3,(H,14,17). The number of aromatic nitrogens is 1. The maximum atomic E-state index is 11.8. The van der Waals surface area contributed by atoms with Crippen LogP contribution in [-0.4, -0.2) is 42.7 Å². The smallest absolute Gasteiger partial charge is 0.251 e. The molecular formula is C12H19N3O2. The highest BCUT2D eigenvalue weighted by molar-refractivity contribution is 5.94. The molecular weight excluding hydrogens is 218 g/mol. The summed E-state index contributed by atoms with van der Waals surface area (Å²) in [5, 5.41) is 11.8. The summed E-state index contributed by atoms with van der Waals surface area (Å²) in [5.41, 5.74) is 0.578. The molecule has 1 rings (SSSR count). The van der Waals surface area contributed by atoms with Crippen LogP contribution in [-0.2, 0) is 0 Å². The number of carbonyl (C=O) groups excluding carboxylic acids is 1. The molecule has 0 saturated heterocycles. The summed E-state index contributed by atoms with van der Waals surface area (Å²) in [5.74, 6) is 0.601. The Balaban J connectivity index is 2.59. The largest absolute Gasteiger partial charge is 0.393 e. The van der Waals surface area contributed by atoms with Crippen LogP contribution >= 0.6 is 0 Å². The van der Waals surface area contributed by atoms with Gasteiger partial charge in [0.25, 0.3) is 5.91 Å². The monoisotopic (exact) mass is 237 g/mol. The summed E-state index contributed by atoms with van der Waals surface area (Å²) in [6, 6.07) is 3.41. The van der Waals surface area contributed by atoms with E-state index in [1.807, 2.05) is 19.0 Å². The van der Waals surface area contributed by atoms with Crippen molar-refractivity contribution in [2.24, 2.45) is 0 Å². The second-order valence-corrected chi connectivity index (χ2v) is 4.19. The predicted octanol–water partition coefficient (Wildman–Crippen LogP) is 0.648. The van der Waals surface area contributed by atoms with Gasteiger partial charge in [-0.15, -0.1) is 0 Å². The van der Waals surface area contributed by atoms with Gasteiger partial charge < -0.3 is 15.3 Å². The number of carbonyl (C=O) groups is 1. The van der Waals surface area contributed by atoms with Crippen LogP contribution in [0.3, 0.4) is 0 Å². The highest BCUT2D eigenvalue weighted by atomic mass is 16.3. The normalized spacial score (nSPS) is 12.0. The third-order valence-electron chi connectivity index (χ3n) is 2.31. The van der Waals surface area contributed by atoms with E-state index in [9.17, 15) is 4.79 Å². The second kappa shape index (κ2) is 6.20. The van der Waals surface area contributed by atoms with Gasteiger partial charge in [0.05, 0.1) is 6.10 Å². The zero-order chi connectivity index (χ0) is 12.8. The van der Waals surface area contributed by atoms with E-state index in [-0.39, 0.29) is 5.91 Å². The van der Waals surface area contributed by atoms with Crippen molar-refractivity contribution in [3.63, 3.8) is 0 Å². The summed E-state index contributed by atoms with van der Waals surface area (Å²) >= 11 is 0. The minimum atomic E-state index is -0.398. The predicted molar refractivity (Wildman–Crippen MR) is 67.2 cm³/mol. The van der Waals surface area contributed by atoms with E-state index in [1.165, 1.54) is 0 Å². The number of amides is 1. The van der Waals surface area contributed by atoms with Gasteiger partial charge in [0.15, 0.2) is 0 Å². The lowest BCUT2D eigenvalue weighted by Crippen LogP contribution is -2.26. The molecule has 1 amide bonds. The highest BCUT2D eigenvalue weighted by Gasteiger charge is 2.07. The van der Waals surface area contributed by atoms with Gasteiger partial charge in [-0.25, -0.2) is 4.98 Å². The number of nitrogens with one attached hydrogen (secondary N) is 1. The summed E-state index contributed by atoms with van der Waals surface area (Å²) in [6.45, 7) is 2.17. The van der Waals surface area contributed by atoms with Crippen LogP contribution in [0.25, 0.3) is 0 Å². The molecule has 0 saturated carbocycles. The van der Waals surface area contributed by atoms with Crippen LogP contribution in [0, 0.1) is 0 Å². The van der Waals surface area contributed by atoms with Gasteiger partial charge in [0, 0.05) is 32.4 Å². The lowest BCUT2D eigenvalue weighted by atomic mass is 10.2. The van der Waals surface area contributed by atoms with E-state index in [4.69, 9.17) is 5.11 Å². The molecule has 0 aliphatic rings. The number of anilines is 1. The molecule has 0 spiro atoms. The Kier molecular flexibility index (Phi) is 4.90. The maximum absolute atomic E-state index is 11.8. The van der Waals surface area contributed by atoms with E-state index < -0.39 is 6.10 Å². The van der Waals surface area contributed by atoms with Crippen molar-refractivity contribution in [1.29, 1.82) is 0 Å². The van der Waals surface area contributed by atoms with E-state index >= 15 is 0 Å². The van der Waals surface area contributed by atoms with Crippen molar-refractivity contribution in [2.45, 2.75) is 19.4 Å². The van der Waals surface area contributed by atoms with Crippen molar-refractivity contribution in [3.8, 4) is 0 Å². The first-order chi connectivity index (χ1) is 8.00. The molecule has 5 heteroatoms. The number of rotatable bonds is 5. The van der Waals surface area contributed by atoms with E-state index in [0.717, 1.165) is 5.82 Å². The number of pyridine rings is 1. The van der Waals surface area contributed by atoms with Gasteiger partial charge in [-0.05, 0) is 25.5 Å². The molecule has 1 heterocycles. The molecule has 1 aromatic heterocycles. The first-order valence-corrected chi connectivity index (χ1v) is 5.60. The first kappa shape index (κ1) is 13.4. The minimum Gasteiger partial charge on any atom is -0.393 e. The Morgan fingerprint density at radius 3 is 2.88 bits per heavy atom. The van der Waals surface area contributed by atoms with Gasteiger partial charge in [-0.3, -0.25) is 4.79 Å². The molecule has 5 nitrogen and oxygen atoms in total. The number of nitrogens with zero attached hydrogens (tertiary/aromatic N) is 2. The van der Waals surface area contributed by atoms with Gasteiger partial charge in [0.2, 0.25) is 0 Å². The Hall–Kier alpha value is -1.62. The lowest BCUT2D eigenvalue weighted by Gasteiger charge is -2.12. The van der Waals surface area contributed by atoms with Gasteiger partial charge in [-0.1, -0.05) is 0 Å². The SMILES string of the molecule is CC(O)CCNC(=O)c1ccnc(N(C)C)c1. The Morgan fingerprint density at radius 1 is 1.59 bits per heavy atom. The van der Waals surface area contributed by atoms with Crippen LogP contribution in [0.2, 0.25) is 0 Å². The fourth-order valence-electron chi connectivity index (χ4n) is 1.30. The molecule has 2 N–H and O–H groups in total. The molecule has 0 aliphatic heterocycles. The average Bonchev–Trinajstić information content (AvgIpc) is 2.28. The van der Waals surface area contributed by atoms with Crippen molar-refractivity contribution < 1.29 is 9.90 Å². The third-order valence-corrected chi connectivity index (χ3v) is 2.31. The average molecular weight is 237 g/mol. The molecule has 0 radical (unpaired) electrons.